The minimum absolute atomic E-state index is 0.135. The SMILES string of the molecule is O=S(=O)(CCN(CCCO)C1CCC1)c1ccc(Br)cc1. The second-order valence-electron chi connectivity index (χ2n) is 5.47. The minimum atomic E-state index is -3.24. The average molecular weight is 376 g/mol. The summed E-state index contributed by atoms with van der Waals surface area (Å²) in [7, 11) is -3.24. The molecule has 1 N–H and O–H groups in total. The molecule has 0 radical (unpaired) electrons. The zero-order chi connectivity index (χ0) is 15.3. The normalized spacial score (nSPS) is 16.1. The highest BCUT2D eigenvalue weighted by atomic mass is 79.9. The van der Waals surface area contributed by atoms with E-state index in [2.05, 4.69) is 20.8 Å². The third-order valence-corrected chi connectivity index (χ3v) is 6.25. The van der Waals surface area contributed by atoms with Crippen LogP contribution in [0.3, 0.4) is 0 Å². The predicted octanol–water partition coefficient (Wildman–Crippen LogP) is 2.46. The van der Waals surface area contributed by atoms with Crippen molar-refractivity contribution < 1.29 is 13.5 Å². The molecule has 2 rings (SSSR count). The molecule has 0 aromatic heterocycles. The highest BCUT2D eigenvalue weighted by Gasteiger charge is 2.26. The van der Waals surface area contributed by atoms with Crippen LogP contribution in [-0.4, -0.2) is 49.9 Å². The third-order valence-electron chi connectivity index (χ3n) is 4.01. The van der Waals surface area contributed by atoms with Crippen molar-refractivity contribution in [2.75, 3.05) is 25.4 Å². The van der Waals surface area contributed by atoms with Gasteiger partial charge >= 0.3 is 0 Å². The van der Waals surface area contributed by atoms with Crippen LogP contribution >= 0.6 is 15.9 Å². The molecule has 0 unspecified atom stereocenters. The van der Waals surface area contributed by atoms with Crippen molar-refractivity contribution >= 4 is 25.8 Å². The lowest BCUT2D eigenvalue weighted by Gasteiger charge is -2.37. The molecule has 0 bridgehead atoms. The number of hydrogen-bond donors (Lipinski definition) is 1. The van der Waals surface area contributed by atoms with Gasteiger partial charge in [-0.25, -0.2) is 8.42 Å². The van der Waals surface area contributed by atoms with Crippen molar-refractivity contribution in [1.82, 2.24) is 4.90 Å². The molecule has 6 heteroatoms. The lowest BCUT2D eigenvalue weighted by molar-refractivity contribution is 0.124. The Kier molecular flexibility index (Phi) is 6.22. The van der Waals surface area contributed by atoms with Crippen molar-refractivity contribution in [1.29, 1.82) is 0 Å². The fourth-order valence-corrected chi connectivity index (χ4v) is 4.03. The molecule has 0 amide bonds. The Labute approximate surface area is 135 Å². The van der Waals surface area contributed by atoms with E-state index in [0.29, 0.717) is 23.9 Å². The maximum absolute atomic E-state index is 12.4. The van der Waals surface area contributed by atoms with E-state index in [9.17, 15) is 8.42 Å². The highest BCUT2D eigenvalue weighted by Crippen LogP contribution is 2.25. The Bertz CT molecular complexity index is 541. The Morgan fingerprint density at radius 1 is 1.19 bits per heavy atom. The number of aliphatic hydroxyl groups is 1. The average Bonchev–Trinajstić information content (AvgIpc) is 2.40. The van der Waals surface area contributed by atoms with Crippen molar-refractivity contribution in [2.24, 2.45) is 0 Å². The fraction of sp³-hybridized carbons (Fsp3) is 0.600. The Hall–Kier alpha value is -0.430. The lowest BCUT2D eigenvalue weighted by Crippen LogP contribution is -2.43. The van der Waals surface area contributed by atoms with E-state index in [4.69, 9.17) is 5.11 Å². The number of sulfone groups is 1. The van der Waals surface area contributed by atoms with Crippen molar-refractivity contribution in [3.8, 4) is 0 Å². The third kappa shape index (κ3) is 4.77. The van der Waals surface area contributed by atoms with Crippen LogP contribution in [0.15, 0.2) is 33.6 Å². The lowest BCUT2D eigenvalue weighted by atomic mass is 9.91. The molecule has 1 aromatic carbocycles. The van der Waals surface area contributed by atoms with Gasteiger partial charge in [0.2, 0.25) is 0 Å². The van der Waals surface area contributed by atoms with Crippen LogP contribution in [0.2, 0.25) is 0 Å². The number of hydrogen-bond acceptors (Lipinski definition) is 4. The number of benzene rings is 1. The van der Waals surface area contributed by atoms with Crippen LogP contribution < -0.4 is 0 Å². The van der Waals surface area contributed by atoms with Crippen molar-refractivity contribution in [3.63, 3.8) is 0 Å². The van der Waals surface area contributed by atoms with Gasteiger partial charge in [0.05, 0.1) is 10.6 Å². The van der Waals surface area contributed by atoms with Gasteiger partial charge in [-0.15, -0.1) is 0 Å². The standard InChI is InChI=1S/C15H22BrNO3S/c16-13-5-7-15(8-6-13)21(19,20)12-10-17(9-2-11-18)14-3-1-4-14/h5-8,14,18H,1-4,9-12H2. The second-order valence-corrected chi connectivity index (χ2v) is 8.50. The molecule has 0 saturated heterocycles. The van der Waals surface area contributed by atoms with Gasteiger partial charge in [-0.2, -0.15) is 0 Å². The van der Waals surface area contributed by atoms with Crippen LogP contribution in [0, 0.1) is 0 Å². The second kappa shape index (κ2) is 7.72. The summed E-state index contributed by atoms with van der Waals surface area (Å²) in [4.78, 5) is 2.59. The molecule has 118 valence electrons. The number of halogens is 1. The maximum Gasteiger partial charge on any atom is 0.179 e. The largest absolute Gasteiger partial charge is 0.396 e. The first kappa shape index (κ1) is 16.9. The molecule has 4 nitrogen and oxygen atoms in total. The van der Waals surface area contributed by atoms with E-state index in [1.165, 1.54) is 6.42 Å². The van der Waals surface area contributed by atoms with E-state index >= 15 is 0 Å². The number of rotatable bonds is 8. The smallest absolute Gasteiger partial charge is 0.179 e. The molecular formula is C15H22BrNO3S. The van der Waals surface area contributed by atoms with Crippen molar-refractivity contribution in [3.05, 3.63) is 28.7 Å². The summed E-state index contributed by atoms with van der Waals surface area (Å²) in [5, 5.41) is 8.97. The monoisotopic (exact) mass is 375 g/mol. The number of aliphatic hydroxyl groups excluding tert-OH is 1. The molecule has 0 spiro atoms. The molecule has 1 aromatic rings. The van der Waals surface area contributed by atoms with E-state index < -0.39 is 9.84 Å². The van der Waals surface area contributed by atoms with E-state index in [1.54, 1.807) is 24.3 Å². The summed E-state index contributed by atoms with van der Waals surface area (Å²) in [6.45, 7) is 1.47. The summed E-state index contributed by atoms with van der Waals surface area (Å²) in [6.07, 6.45) is 4.21. The van der Waals surface area contributed by atoms with Crippen LogP contribution in [0.25, 0.3) is 0 Å². The number of nitrogens with zero attached hydrogens (tertiary/aromatic N) is 1. The maximum atomic E-state index is 12.4. The molecule has 0 aliphatic heterocycles. The first-order valence-corrected chi connectivity index (χ1v) is 9.81. The summed E-state index contributed by atoms with van der Waals surface area (Å²) in [5.41, 5.74) is 0. The first-order valence-electron chi connectivity index (χ1n) is 7.36. The summed E-state index contributed by atoms with van der Waals surface area (Å²) in [6, 6.07) is 7.28. The molecule has 21 heavy (non-hydrogen) atoms. The van der Waals surface area contributed by atoms with Gasteiger partial charge in [-0.1, -0.05) is 22.4 Å². The zero-order valence-corrected chi connectivity index (χ0v) is 14.4. The van der Waals surface area contributed by atoms with E-state index in [1.807, 2.05) is 0 Å². The van der Waals surface area contributed by atoms with Crippen LogP contribution in [-0.2, 0) is 9.84 Å². The van der Waals surface area contributed by atoms with Gasteiger partial charge in [0.25, 0.3) is 0 Å². The zero-order valence-electron chi connectivity index (χ0n) is 12.0. The van der Waals surface area contributed by atoms with Crippen molar-refractivity contribution in [2.45, 2.75) is 36.6 Å². The van der Waals surface area contributed by atoms with Gasteiger partial charge < -0.3 is 5.11 Å². The quantitative estimate of drug-likeness (QED) is 0.757. The van der Waals surface area contributed by atoms with Gasteiger partial charge in [0.1, 0.15) is 0 Å². The summed E-state index contributed by atoms with van der Waals surface area (Å²) < 4.78 is 25.6. The fourth-order valence-electron chi connectivity index (χ4n) is 2.50. The molecule has 1 aliphatic carbocycles. The van der Waals surface area contributed by atoms with E-state index in [-0.39, 0.29) is 12.4 Å². The molecule has 0 heterocycles. The molecule has 1 aliphatic rings. The van der Waals surface area contributed by atoms with Gasteiger partial charge in [-0.05, 0) is 43.5 Å². The Morgan fingerprint density at radius 3 is 2.38 bits per heavy atom. The van der Waals surface area contributed by atoms with Gasteiger partial charge in [0.15, 0.2) is 9.84 Å². The molecule has 1 saturated carbocycles. The van der Waals surface area contributed by atoms with Crippen LogP contribution in [0.1, 0.15) is 25.7 Å². The minimum Gasteiger partial charge on any atom is -0.396 e. The van der Waals surface area contributed by atoms with Crippen LogP contribution in [0.4, 0.5) is 0 Å². The predicted molar refractivity (Wildman–Crippen MR) is 87.1 cm³/mol. The molecule has 0 atom stereocenters. The summed E-state index contributed by atoms with van der Waals surface area (Å²) in [5.74, 6) is 0.135. The Morgan fingerprint density at radius 2 is 1.86 bits per heavy atom. The molecule has 1 fully saturated rings. The topological polar surface area (TPSA) is 57.6 Å². The Balaban J connectivity index is 1.96. The molecular weight excluding hydrogens is 354 g/mol. The van der Waals surface area contributed by atoms with Crippen LogP contribution in [0.5, 0.6) is 0 Å². The summed E-state index contributed by atoms with van der Waals surface area (Å²) >= 11 is 3.31. The van der Waals surface area contributed by atoms with E-state index in [0.717, 1.165) is 23.9 Å². The first-order chi connectivity index (χ1) is 10.0. The van der Waals surface area contributed by atoms with Gasteiger partial charge in [-0.3, -0.25) is 4.90 Å². The highest BCUT2D eigenvalue weighted by molar-refractivity contribution is 9.10. The van der Waals surface area contributed by atoms with Gasteiger partial charge in [0, 0.05) is 30.2 Å².